The molecule has 0 amide bonds. The molecule has 3 heteroatoms. The molecule has 0 saturated carbocycles. The van der Waals surface area contributed by atoms with Crippen molar-refractivity contribution in [3.63, 3.8) is 0 Å². The highest BCUT2D eigenvalue weighted by Gasteiger charge is 2.05. The molecule has 0 saturated heterocycles. The fourth-order valence-corrected chi connectivity index (χ4v) is 3.99. The quantitative estimate of drug-likeness (QED) is 0.479. The van der Waals surface area contributed by atoms with Crippen LogP contribution in [-0.2, 0) is 0 Å². The molecule has 0 radical (unpaired) electrons. The molecule has 0 spiro atoms. The Labute approximate surface area is 130 Å². The topological polar surface area (TPSA) is 9.23 Å². The lowest BCUT2D eigenvalue weighted by Crippen LogP contribution is -1.95. The van der Waals surface area contributed by atoms with E-state index in [1.54, 1.807) is 11.3 Å². The Kier molecular flexibility index (Phi) is 6.61. The molecule has 0 aliphatic heterocycles. The van der Waals surface area contributed by atoms with Crippen LogP contribution in [0.5, 0.6) is 5.06 Å². The number of aryl methyl sites for hydroxylation is 1. The van der Waals surface area contributed by atoms with Crippen LogP contribution in [-0.4, -0.2) is 6.61 Å². The third kappa shape index (κ3) is 4.95. The average Bonchev–Trinajstić information content (AvgIpc) is 3.06. The van der Waals surface area contributed by atoms with Gasteiger partial charge in [-0.15, -0.1) is 11.3 Å². The minimum absolute atomic E-state index is 0.857. The summed E-state index contributed by atoms with van der Waals surface area (Å²) < 4.78 is 5.84. The zero-order chi connectivity index (χ0) is 14.2. The maximum absolute atomic E-state index is 5.84. The molecule has 110 valence electrons. The zero-order valence-corrected chi connectivity index (χ0v) is 14.1. The number of unbranched alkanes of at least 4 members (excludes halogenated alkanes) is 5. The molecule has 0 aliphatic rings. The van der Waals surface area contributed by atoms with Crippen molar-refractivity contribution in [1.82, 2.24) is 0 Å². The Balaban J connectivity index is 1.68. The Morgan fingerprint density at radius 3 is 2.30 bits per heavy atom. The molecule has 0 bridgehead atoms. The predicted octanol–water partition coefficient (Wildman–Crippen LogP) is 6.52. The number of hydrogen-bond donors (Lipinski definition) is 0. The molecule has 0 aromatic carbocycles. The van der Waals surface area contributed by atoms with Gasteiger partial charge in [0.25, 0.3) is 0 Å². The second-order valence-electron chi connectivity index (χ2n) is 5.15. The number of thiophene rings is 2. The lowest BCUT2D eigenvalue weighted by Gasteiger charge is -2.03. The standard InChI is InChI=1S/C17H24OS2/c1-3-4-5-6-7-8-13-18-17-12-11-16(20-17)15-10-9-14(2)19-15/h9-12H,3-8,13H2,1-2H3. The maximum Gasteiger partial charge on any atom is 0.174 e. The molecule has 0 N–H and O–H groups in total. The molecule has 2 rings (SSSR count). The maximum atomic E-state index is 5.84. The molecular weight excluding hydrogens is 284 g/mol. The molecule has 2 aromatic heterocycles. The van der Waals surface area contributed by atoms with Crippen LogP contribution in [0.15, 0.2) is 24.3 Å². The van der Waals surface area contributed by atoms with E-state index in [0.29, 0.717) is 0 Å². The van der Waals surface area contributed by atoms with Crippen molar-refractivity contribution in [2.24, 2.45) is 0 Å². The Hall–Kier alpha value is -0.800. The zero-order valence-electron chi connectivity index (χ0n) is 12.5. The van der Waals surface area contributed by atoms with E-state index in [-0.39, 0.29) is 0 Å². The second-order valence-corrected chi connectivity index (χ2v) is 7.48. The highest BCUT2D eigenvalue weighted by molar-refractivity contribution is 7.23. The summed E-state index contributed by atoms with van der Waals surface area (Å²) in [5.41, 5.74) is 0. The van der Waals surface area contributed by atoms with Gasteiger partial charge in [0.1, 0.15) is 0 Å². The first-order valence-corrected chi connectivity index (χ1v) is 9.22. The van der Waals surface area contributed by atoms with E-state index >= 15 is 0 Å². The van der Waals surface area contributed by atoms with Gasteiger partial charge in [0.2, 0.25) is 0 Å². The smallest absolute Gasteiger partial charge is 0.174 e. The summed E-state index contributed by atoms with van der Waals surface area (Å²) in [6, 6.07) is 8.65. The van der Waals surface area contributed by atoms with Gasteiger partial charge in [-0.25, -0.2) is 0 Å². The van der Waals surface area contributed by atoms with E-state index in [1.807, 2.05) is 11.3 Å². The summed E-state index contributed by atoms with van der Waals surface area (Å²) in [5, 5.41) is 1.06. The summed E-state index contributed by atoms with van der Waals surface area (Å²) >= 11 is 3.61. The fraction of sp³-hybridized carbons (Fsp3) is 0.529. The SMILES string of the molecule is CCCCCCCCOc1ccc(-c2ccc(C)s2)s1. The monoisotopic (exact) mass is 308 g/mol. The first-order chi connectivity index (χ1) is 9.79. The largest absolute Gasteiger partial charge is 0.484 e. The van der Waals surface area contributed by atoms with Crippen molar-refractivity contribution in [2.45, 2.75) is 52.4 Å². The van der Waals surface area contributed by atoms with Gasteiger partial charge in [0.15, 0.2) is 5.06 Å². The minimum Gasteiger partial charge on any atom is -0.484 e. The van der Waals surface area contributed by atoms with Gasteiger partial charge in [0, 0.05) is 14.6 Å². The van der Waals surface area contributed by atoms with Crippen molar-refractivity contribution >= 4 is 22.7 Å². The molecule has 0 fully saturated rings. The van der Waals surface area contributed by atoms with Crippen LogP contribution in [0.2, 0.25) is 0 Å². The van der Waals surface area contributed by atoms with E-state index in [0.717, 1.165) is 11.7 Å². The van der Waals surface area contributed by atoms with Gasteiger partial charge in [-0.3, -0.25) is 0 Å². The second kappa shape index (κ2) is 8.48. The first-order valence-electron chi connectivity index (χ1n) is 7.59. The molecular formula is C17H24OS2. The van der Waals surface area contributed by atoms with Gasteiger partial charge < -0.3 is 4.74 Å². The van der Waals surface area contributed by atoms with Crippen LogP contribution < -0.4 is 4.74 Å². The van der Waals surface area contributed by atoms with Crippen LogP contribution >= 0.6 is 22.7 Å². The lowest BCUT2D eigenvalue weighted by atomic mass is 10.1. The van der Waals surface area contributed by atoms with Crippen LogP contribution in [0.3, 0.4) is 0 Å². The van der Waals surface area contributed by atoms with E-state index in [9.17, 15) is 0 Å². The predicted molar refractivity (Wildman–Crippen MR) is 91.2 cm³/mol. The summed E-state index contributed by atoms with van der Waals surface area (Å²) in [6.45, 7) is 5.26. The summed E-state index contributed by atoms with van der Waals surface area (Å²) in [4.78, 5) is 4.03. The molecule has 0 atom stereocenters. The molecule has 20 heavy (non-hydrogen) atoms. The van der Waals surface area contributed by atoms with Crippen LogP contribution in [0.4, 0.5) is 0 Å². The lowest BCUT2D eigenvalue weighted by molar-refractivity contribution is 0.313. The van der Waals surface area contributed by atoms with E-state index in [1.165, 1.54) is 53.2 Å². The van der Waals surface area contributed by atoms with Crippen LogP contribution in [0.25, 0.3) is 9.75 Å². The Bertz CT molecular complexity index is 499. The number of ether oxygens (including phenoxy) is 1. The van der Waals surface area contributed by atoms with Crippen LogP contribution in [0, 0.1) is 6.92 Å². The van der Waals surface area contributed by atoms with Crippen molar-refractivity contribution in [1.29, 1.82) is 0 Å². The van der Waals surface area contributed by atoms with Crippen molar-refractivity contribution in [3.05, 3.63) is 29.1 Å². The van der Waals surface area contributed by atoms with Crippen molar-refractivity contribution in [3.8, 4) is 14.8 Å². The van der Waals surface area contributed by atoms with E-state index in [2.05, 4.69) is 38.1 Å². The molecule has 1 nitrogen and oxygen atoms in total. The first kappa shape index (κ1) is 15.6. The summed E-state index contributed by atoms with van der Waals surface area (Å²) in [7, 11) is 0. The Morgan fingerprint density at radius 1 is 0.850 bits per heavy atom. The fourth-order valence-electron chi connectivity index (χ4n) is 2.15. The van der Waals surface area contributed by atoms with Gasteiger partial charge >= 0.3 is 0 Å². The van der Waals surface area contributed by atoms with E-state index < -0.39 is 0 Å². The summed E-state index contributed by atoms with van der Waals surface area (Å²) in [6.07, 6.45) is 7.88. The highest BCUT2D eigenvalue weighted by atomic mass is 32.1. The summed E-state index contributed by atoms with van der Waals surface area (Å²) in [5.74, 6) is 0. The number of hydrogen-bond acceptors (Lipinski definition) is 3. The van der Waals surface area contributed by atoms with Crippen molar-refractivity contribution in [2.75, 3.05) is 6.61 Å². The third-order valence-corrected chi connectivity index (χ3v) is 5.50. The molecule has 2 aromatic rings. The third-order valence-electron chi connectivity index (χ3n) is 3.31. The van der Waals surface area contributed by atoms with Crippen molar-refractivity contribution < 1.29 is 4.74 Å². The molecule has 0 aliphatic carbocycles. The Morgan fingerprint density at radius 2 is 1.55 bits per heavy atom. The number of rotatable bonds is 9. The normalized spacial score (nSPS) is 10.9. The minimum atomic E-state index is 0.857. The highest BCUT2D eigenvalue weighted by Crippen LogP contribution is 2.36. The average molecular weight is 309 g/mol. The van der Waals surface area contributed by atoms with Gasteiger partial charge in [-0.05, 0) is 37.6 Å². The van der Waals surface area contributed by atoms with Gasteiger partial charge in [0.05, 0.1) is 6.61 Å². The molecule has 2 heterocycles. The van der Waals surface area contributed by atoms with Gasteiger partial charge in [-0.1, -0.05) is 50.4 Å². The van der Waals surface area contributed by atoms with E-state index in [4.69, 9.17) is 4.74 Å². The van der Waals surface area contributed by atoms with Gasteiger partial charge in [-0.2, -0.15) is 0 Å². The molecule has 0 unspecified atom stereocenters. The van der Waals surface area contributed by atoms with Crippen LogP contribution in [0.1, 0.15) is 50.3 Å².